The van der Waals surface area contributed by atoms with E-state index >= 15 is 0 Å². The molecule has 0 bridgehead atoms. The van der Waals surface area contributed by atoms with Crippen molar-refractivity contribution in [2.75, 3.05) is 11.9 Å². The first-order valence-corrected chi connectivity index (χ1v) is 5.61. The van der Waals surface area contributed by atoms with Crippen LogP contribution in [0.3, 0.4) is 0 Å². The van der Waals surface area contributed by atoms with Gasteiger partial charge in [-0.2, -0.15) is 13.2 Å². The van der Waals surface area contributed by atoms with E-state index in [-0.39, 0.29) is 17.9 Å². The van der Waals surface area contributed by atoms with Crippen LogP contribution in [0, 0.1) is 6.92 Å². The van der Waals surface area contributed by atoms with E-state index in [1.807, 2.05) is 0 Å². The molecule has 0 aliphatic rings. The molecule has 3 N–H and O–H groups in total. The van der Waals surface area contributed by atoms with E-state index < -0.39 is 23.8 Å². The van der Waals surface area contributed by atoms with Gasteiger partial charge in [0.2, 0.25) is 0 Å². The Bertz CT molecular complexity index is 461. The summed E-state index contributed by atoms with van der Waals surface area (Å²) in [7, 11) is 0. The van der Waals surface area contributed by atoms with Crippen molar-refractivity contribution >= 4 is 11.7 Å². The lowest BCUT2D eigenvalue weighted by molar-refractivity contribution is -0.138. The minimum Gasteiger partial charge on any atom is -0.394 e. The zero-order chi connectivity index (χ0) is 14.6. The first-order chi connectivity index (χ1) is 8.75. The fraction of sp³-hybridized carbons (Fsp3) is 0.417. The van der Waals surface area contributed by atoms with Crippen LogP contribution in [0.2, 0.25) is 0 Å². The Balaban J connectivity index is 2.88. The lowest BCUT2D eigenvalue weighted by Gasteiger charge is -2.16. The van der Waals surface area contributed by atoms with Gasteiger partial charge in [-0.25, -0.2) is 4.79 Å². The molecule has 0 saturated carbocycles. The second kappa shape index (κ2) is 5.92. The number of aliphatic hydroxyl groups excluding tert-OH is 1. The number of carbonyl (C=O) groups is 1. The van der Waals surface area contributed by atoms with E-state index in [2.05, 4.69) is 10.6 Å². The number of halogens is 3. The lowest BCUT2D eigenvalue weighted by atomic mass is 10.1. The second-order valence-corrected chi connectivity index (χ2v) is 4.16. The summed E-state index contributed by atoms with van der Waals surface area (Å²) in [5.41, 5.74) is -0.764. The molecule has 19 heavy (non-hydrogen) atoms. The molecule has 1 atom stereocenters. The third-order valence-electron chi connectivity index (χ3n) is 2.54. The molecule has 1 aromatic carbocycles. The van der Waals surface area contributed by atoms with E-state index in [9.17, 15) is 18.0 Å². The highest BCUT2D eigenvalue weighted by Gasteiger charge is 2.33. The van der Waals surface area contributed by atoms with Gasteiger partial charge in [-0.15, -0.1) is 0 Å². The second-order valence-electron chi connectivity index (χ2n) is 4.16. The Morgan fingerprint density at radius 3 is 2.58 bits per heavy atom. The molecule has 0 radical (unpaired) electrons. The van der Waals surface area contributed by atoms with Crippen molar-refractivity contribution in [3.8, 4) is 0 Å². The summed E-state index contributed by atoms with van der Waals surface area (Å²) in [6.07, 6.45) is -4.46. The van der Waals surface area contributed by atoms with Crippen LogP contribution in [0.25, 0.3) is 0 Å². The number of hydrogen-bond donors (Lipinski definition) is 3. The molecule has 0 spiro atoms. The molecule has 106 valence electrons. The van der Waals surface area contributed by atoms with Crippen LogP contribution in [0.1, 0.15) is 18.1 Å². The molecule has 7 heteroatoms. The van der Waals surface area contributed by atoms with Crippen molar-refractivity contribution in [3.05, 3.63) is 29.3 Å². The third kappa shape index (κ3) is 4.13. The zero-order valence-electron chi connectivity index (χ0n) is 10.5. The van der Waals surface area contributed by atoms with Gasteiger partial charge in [-0.3, -0.25) is 0 Å². The van der Waals surface area contributed by atoms with Gasteiger partial charge in [-0.05, 0) is 31.5 Å². The number of hydrogen-bond acceptors (Lipinski definition) is 2. The number of benzene rings is 1. The SMILES string of the molecule is Cc1c(NC(=O)NC(C)CO)cccc1C(F)(F)F. The van der Waals surface area contributed by atoms with E-state index in [0.717, 1.165) is 6.07 Å². The predicted octanol–water partition coefficient (Wildman–Crippen LogP) is 2.52. The molecule has 0 heterocycles. The van der Waals surface area contributed by atoms with Crippen LogP contribution in [-0.4, -0.2) is 23.8 Å². The smallest absolute Gasteiger partial charge is 0.394 e. The summed E-state index contributed by atoms with van der Waals surface area (Å²) in [6, 6.07) is 2.42. The number of anilines is 1. The van der Waals surface area contributed by atoms with Crippen LogP contribution in [0.15, 0.2) is 18.2 Å². The van der Waals surface area contributed by atoms with Crippen LogP contribution < -0.4 is 10.6 Å². The number of carbonyl (C=O) groups excluding carboxylic acids is 1. The number of alkyl halides is 3. The largest absolute Gasteiger partial charge is 0.416 e. The Morgan fingerprint density at radius 1 is 1.42 bits per heavy atom. The Kier molecular flexibility index (Phi) is 4.77. The van der Waals surface area contributed by atoms with Crippen molar-refractivity contribution in [1.29, 1.82) is 0 Å². The van der Waals surface area contributed by atoms with Crippen LogP contribution >= 0.6 is 0 Å². The van der Waals surface area contributed by atoms with E-state index in [4.69, 9.17) is 5.11 Å². The van der Waals surface area contributed by atoms with Crippen LogP contribution in [0.4, 0.5) is 23.7 Å². The molecule has 0 aromatic heterocycles. The molecule has 0 fully saturated rings. The first kappa shape index (κ1) is 15.3. The fourth-order valence-electron chi connectivity index (χ4n) is 1.51. The van der Waals surface area contributed by atoms with Crippen LogP contribution in [0.5, 0.6) is 0 Å². The summed E-state index contributed by atoms with van der Waals surface area (Å²) in [5, 5.41) is 13.5. The third-order valence-corrected chi connectivity index (χ3v) is 2.54. The number of amides is 2. The molecule has 0 aliphatic carbocycles. The average Bonchev–Trinajstić information content (AvgIpc) is 2.30. The Hall–Kier alpha value is -1.76. The van der Waals surface area contributed by atoms with Gasteiger partial charge in [0.15, 0.2) is 0 Å². The highest BCUT2D eigenvalue weighted by atomic mass is 19.4. The van der Waals surface area contributed by atoms with Gasteiger partial charge in [0.25, 0.3) is 0 Å². The molecule has 1 rings (SSSR count). The lowest BCUT2D eigenvalue weighted by Crippen LogP contribution is -2.38. The number of rotatable bonds is 3. The van der Waals surface area contributed by atoms with E-state index in [0.29, 0.717) is 0 Å². The number of aliphatic hydroxyl groups is 1. The summed E-state index contributed by atoms with van der Waals surface area (Å²) in [5.74, 6) is 0. The predicted molar refractivity (Wildman–Crippen MR) is 64.9 cm³/mol. The van der Waals surface area contributed by atoms with Gasteiger partial charge in [0.1, 0.15) is 0 Å². The van der Waals surface area contributed by atoms with Crippen molar-refractivity contribution < 1.29 is 23.1 Å². The summed E-state index contributed by atoms with van der Waals surface area (Å²) in [6.45, 7) is 2.60. The average molecular weight is 276 g/mol. The summed E-state index contributed by atoms with van der Waals surface area (Å²) in [4.78, 5) is 11.5. The van der Waals surface area contributed by atoms with Gasteiger partial charge in [-0.1, -0.05) is 6.07 Å². The normalized spacial score (nSPS) is 12.9. The minimum absolute atomic E-state index is 0.0539. The fourth-order valence-corrected chi connectivity index (χ4v) is 1.51. The van der Waals surface area contributed by atoms with Gasteiger partial charge >= 0.3 is 12.2 Å². The minimum atomic E-state index is -4.46. The van der Waals surface area contributed by atoms with Crippen molar-refractivity contribution in [1.82, 2.24) is 5.32 Å². The van der Waals surface area contributed by atoms with Crippen molar-refractivity contribution in [2.45, 2.75) is 26.1 Å². The standard InChI is InChI=1S/C12H15F3N2O2/c1-7(6-18)16-11(19)17-10-5-3-4-9(8(10)2)12(13,14)15/h3-5,7,18H,6H2,1-2H3,(H2,16,17,19). The van der Waals surface area contributed by atoms with Crippen molar-refractivity contribution in [2.24, 2.45) is 0 Å². The van der Waals surface area contributed by atoms with Gasteiger partial charge in [0, 0.05) is 5.69 Å². The molecule has 2 amide bonds. The maximum Gasteiger partial charge on any atom is 0.416 e. The van der Waals surface area contributed by atoms with E-state index in [1.165, 1.54) is 19.1 Å². The van der Waals surface area contributed by atoms with Crippen LogP contribution in [-0.2, 0) is 6.18 Å². The maximum absolute atomic E-state index is 12.7. The molecule has 0 aliphatic heterocycles. The molecular weight excluding hydrogens is 261 g/mol. The Labute approximate surface area is 108 Å². The zero-order valence-corrected chi connectivity index (χ0v) is 10.5. The first-order valence-electron chi connectivity index (χ1n) is 5.61. The number of nitrogens with one attached hydrogen (secondary N) is 2. The molecule has 4 nitrogen and oxygen atoms in total. The van der Waals surface area contributed by atoms with E-state index in [1.54, 1.807) is 6.92 Å². The monoisotopic (exact) mass is 276 g/mol. The quantitative estimate of drug-likeness (QED) is 0.794. The molecule has 0 saturated heterocycles. The maximum atomic E-state index is 12.7. The highest BCUT2D eigenvalue weighted by Crippen LogP contribution is 2.34. The summed E-state index contributed by atoms with van der Waals surface area (Å²) >= 11 is 0. The molecule has 1 unspecified atom stereocenters. The van der Waals surface area contributed by atoms with Gasteiger partial charge in [0.05, 0.1) is 18.2 Å². The molecule has 1 aromatic rings. The van der Waals surface area contributed by atoms with Crippen molar-refractivity contribution in [3.63, 3.8) is 0 Å². The Morgan fingerprint density at radius 2 is 2.05 bits per heavy atom. The summed E-state index contributed by atoms with van der Waals surface area (Å²) < 4.78 is 38.0. The molecular formula is C12H15F3N2O2. The van der Waals surface area contributed by atoms with Gasteiger partial charge < -0.3 is 15.7 Å². The topological polar surface area (TPSA) is 61.4 Å². The highest BCUT2D eigenvalue weighted by molar-refractivity contribution is 5.90. The number of urea groups is 1.